The molecule has 0 aliphatic carbocycles. The van der Waals surface area contributed by atoms with Gasteiger partial charge in [0.1, 0.15) is 5.75 Å². The van der Waals surface area contributed by atoms with E-state index in [1.807, 2.05) is 66.7 Å². The number of rotatable bonds is 11. The monoisotopic (exact) mass is 638 g/mol. The molecule has 1 amide bonds. The minimum absolute atomic E-state index is 0.0661. The number of thiazole rings is 2. The SMILES string of the molecule is NC=CC=Nc1ccc(OCCCc2sc(N3CCc4cccc(C(=O)Nc5nc6ccccc6s5)c4C3)nc2C(=O)O)cc1. The third-order valence-electron chi connectivity index (χ3n) is 7.27. The lowest BCUT2D eigenvalue weighted by molar-refractivity contribution is 0.0690. The van der Waals surface area contributed by atoms with Crippen molar-refractivity contribution >= 4 is 66.9 Å². The summed E-state index contributed by atoms with van der Waals surface area (Å²) in [6, 6.07) is 20.9. The zero-order chi connectivity index (χ0) is 31.2. The van der Waals surface area contributed by atoms with Gasteiger partial charge in [-0.1, -0.05) is 35.6 Å². The summed E-state index contributed by atoms with van der Waals surface area (Å²) < 4.78 is 6.87. The minimum Gasteiger partial charge on any atom is -0.494 e. The second kappa shape index (κ2) is 13.7. The number of anilines is 2. The van der Waals surface area contributed by atoms with E-state index in [2.05, 4.69) is 25.2 Å². The van der Waals surface area contributed by atoms with Gasteiger partial charge in [0.15, 0.2) is 16.0 Å². The summed E-state index contributed by atoms with van der Waals surface area (Å²) in [6.45, 7) is 1.55. The van der Waals surface area contributed by atoms with Gasteiger partial charge in [-0.05, 0) is 85.1 Å². The van der Waals surface area contributed by atoms with Crippen LogP contribution in [0.1, 0.15) is 43.3 Å². The quantitative estimate of drug-likeness (QED) is 0.111. The van der Waals surface area contributed by atoms with Crippen LogP contribution in [0.15, 0.2) is 84.0 Å². The van der Waals surface area contributed by atoms with Crippen molar-refractivity contribution in [3.63, 3.8) is 0 Å². The lowest BCUT2D eigenvalue weighted by Crippen LogP contribution is -2.32. The Morgan fingerprint density at radius 3 is 2.71 bits per heavy atom. The first-order valence-electron chi connectivity index (χ1n) is 14.4. The molecule has 45 heavy (non-hydrogen) atoms. The second-order valence-electron chi connectivity index (χ2n) is 10.2. The summed E-state index contributed by atoms with van der Waals surface area (Å²) >= 11 is 2.82. The van der Waals surface area contributed by atoms with Crippen LogP contribution in [0.2, 0.25) is 0 Å². The molecule has 0 atom stereocenters. The van der Waals surface area contributed by atoms with Gasteiger partial charge in [0.05, 0.1) is 22.5 Å². The van der Waals surface area contributed by atoms with Crippen LogP contribution in [0.25, 0.3) is 10.2 Å². The second-order valence-corrected chi connectivity index (χ2v) is 12.3. The molecule has 0 spiro atoms. The fraction of sp³-hybridized carbons (Fsp3) is 0.182. The molecule has 1 aliphatic heterocycles. The Morgan fingerprint density at radius 2 is 1.91 bits per heavy atom. The number of nitrogens with two attached hydrogens (primary N) is 1. The Morgan fingerprint density at radius 1 is 1.07 bits per heavy atom. The number of nitrogens with one attached hydrogen (secondary N) is 1. The van der Waals surface area contributed by atoms with Gasteiger partial charge in [-0.2, -0.15) is 0 Å². The van der Waals surface area contributed by atoms with Crippen LogP contribution >= 0.6 is 22.7 Å². The standard InChI is InChI=1S/C33H30N6O4S2/c34-16-5-17-35-22-11-13-23(14-12-22)43-19-4-10-28-29(31(41)42)37-33(45-28)39-18-15-21-6-3-7-24(25(21)20-39)30(40)38-32-36-26-8-1-2-9-27(26)44-32/h1-3,5-9,11-14,16-17H,4,10,15,18-20,34H2,(H,41,42)(H,36,38,40). The predicted molar refractivity (Wildman–Crippen MR) is 180 cm³/mol. The zero-order valence-corrected chi connectivity index (χ0v) is 25.8. The van der Waals surface area contributed by atoms with Crippen LogP contribution in [0.4, 0.5) is 16.0 Å². The van der Waals surface area contributed by atoms with Gasteiger partial charge in [0.25, 0.3) is 5.91 Å². The molecule has 0 unspecified atom stereocenters. The number of allylic oxidation sites excluding steroid dienone is 1. The summed E-state index contributed by atoms with van der Waals surface area (Å²) in [6.07, 6.45) is 6.54. The highest BCUT2D eigenvalue weighted by Gasteiger charge is 2.26. The van der Waals surface area contributed by atoms with Crippen LogP contribution in [0, 0.1) is 0 Å². The Hall–Kier alpha value is -5.07. The van der Waals surface area contributed by atoms with Gasteiger partial charge in [0.2, 0.25) is 0 Å². The smallest absolute Gasteiger partial charge is 0.355 e. The fourth-order valence-electron chi connectivity index (χ4n) is 5.09. The molecule has 5 aromatic rings. The van der Waals surface area contributed by atoms with Gasteiger partial charge in [0, 0.05) is 29.7 Å². The first-order chi connectivity index (χ1) is 22.0. The van der Waals surface area contributed by atoms with E-state index in [-0.39, 0.29) is 11.6 Å². The number of para-hydroxylation sites is 1. The third kappa shape index (κ3) is 7.03. The van der Waals surface area contributed by atoms with E-state index in [4.69, 9.17) is 10.5 Å². The zero-order valence-electron chi connectivity index (χ0n) is 24.2. The predicted octanol–water partition coefficient (Wildman–Crippen LogP) is 6.45. The Balaban J connectivity index is 1.11. The fourth-order valence-corrected chi connectivity index (χ4v) is 7.07. The van der Waals surface area contributed by atoms with Crippen molar-refractivity contribution < 1.29 is 19.4 Å². The average molecular weight is 639 g/mol. The molecule has 0 saturated heterocycles. The average Bonchev–Trinajstić information content (AvgIpc) is 3.67. The lowest BCUT2D eigenvalue weighted by atomic mass is 9.94. The normalized spacial score (nSPS) is 13.0. The van der Waals surface area contributed by atoms with E-state index in [0.29, 0.717) is 59.0 Å². The van der Waals surface area contributed by atoms with Crippen LogP contribution in [0.3, 0.4) is 0 Å². The number of aryl methyl sites for hydroxylation is 1. The molecule has 0 saturated carbocycles. The lowest BCUT2D eigenvalue weighted by Gasteiger charge is -2.29. The number of carbonyl (C=O) groups excluding carboxylic acids is 1. The van der Waals surface area contributed by atoms with Crippen molar-refractivity contribution in [3.05, 3.63) is 106 Å². The van der Waals surface area contributed by atoms with E-state index >= 15 is 0 Å². The van der Waals surface area contributed by atoms with Gasteiger partial charge in [-0.15, -0.1) is 11.3 Å². The van der Waals surface area contributed by atoms with Gasteiger partial charge < -0.3 is 20.5 Å². The number of carboxylic acids is 1. The number of aliphatic imine (C=N–C) groups is 1. The molecule has 0 bridgehead atoms. The van der Waals surface area contributed by atoms with E-state index in [9.17, 15) is 14.7 Å². The highest BCUT2D eigenvalue weighted by Crippen LogP contribution is 2.33. The van der Waals surface area contributed by atoms with E-state index < -0.39 is 5.97 Å². The molecule has 2 aromatic heterocycles. The molecular weight excluding hydrogens is 609 g/mol. The molecule has 3 heterocycles. The van der Waals surface area contributed by atoms with Gasteiger partial charge in [-0.25, -0.2) is 14.8 Å². The van der Waals surface area contributed by atoms with Crippen molar-refractivity contribution in [2.24, 2.45) is 10.7 Å². The van der Waals surface area contributed by atoms with Gasteiger partial charge in [-0.3, -0.25) is 15.1 Å². The number of nitrogens with zero attached hydrogens (tertiary/aromatic N) is 4. The highest BCUT2D eigenvalue weighted by molar-refractivity contribution is 7.22. The molecule has 0 radical (unpaired) electrons. The molecule has 12 heteroatoms. The molecule has 1 aliphatic rings. The number of amides is 1. The molecule has 228 valence electrons. The van der Waals surface area contributed by atoms with Crippen LogP contribution in [-0.2, 0) is 19.4 Å². The summed E-state index contributed by atoms with van der Waals surface area (Å²) in [5, 5.41) is 14.0. The van der Waals surface area contributed by atoms with Crippen molar-refractivity contribution in [2.45, 2.75) is 25.8 Å². The molecule has 10 nitrogen and oxygen atoms in total. The number of aromatic carboxylic acids is 1. The van der Waals surface area contributed by atoms with Crippen molar-refractivity contribution in [3.8, 4) is 5.75 Å². The van der Waals surface area contributed by atoms with Crippen molar-refractivity contribution in [1.82, 2.24) is 9.97 Å². The van der Waals surface area contributed by atoms with E-state index in [1.165, 1.54) is 28.9 Å². The van der Waals surface area contributed by atoms with Crippen molar-refractivity contribution in [1.29, 1.82) is 0 Å². The number of aromatic nitrogens is 2. The minimum atomic E-state index is -1.05. The molecular formula is C33H30N6O4S2. The Labute approximate surface area is 267 Å². The van der Waals surface area contributed by atoms with E-state index in [0.717, 1.165) is 33.5 Å². The summed E-state index contributed by atoms with van der Waals surface area (Å²) in [5.74, 6) is -0.561. The molecule has 4 N–H and O–H groups in total. The third-order valence-corrected chi connectivity index (χ3v) is 9.39. The van der Waals surface area contributed by atoms with Crippen LogP contribution < -0.4 is 20.7 Å². The molecule has 3 aromatic carbocycles. The first-order valence-corrected chi connectivity index (χ1v) is 16.0. The van der Waals surface area contributed by atoms with Crippen molar-refractivity contribution in [2.75, 3.05) is 23.4 Å². The summed E-state index contributed by atoms with van der Waals surface area (Å²) in [4.78, 5) is 41.6. The number of hydrogen-bond donors (Lipinski definition) is 3. The maximum absolute atomic E-state index is 13.4. The molecule has 0 fully saturated rings. The maximum Gasteiger partial charge on any atom is 0.355 e. The number of ether oxygens (including phenoxy) is 1. The van der Waals surface area contributed by atoms with E-state index in [1.54, 1.807) is 12.3 Å². The number of hydrogen-bond acceptors (Lipinski definition) is 10. The maximum atomic E-state index is 13.4. The Bertz CT molecular complexity index is 1860. The number of carbonyl (C=O) groups is 2. The topological polar surface area (TPSA) is 143 Å². The van der Waals surface area contributed by atoms with Crippen LogP contribution in [0.5, 0.6) is 5.75 Å². The summed E-state index contributed by atoms with van der Waals surface area (Å²) in [7, 11) is 0. The summed E-state index contributed by atoms with van der Waals surface area (Å²) in [5.41, 5.74) is 9.60. The number of benzene rings is 3. The number of carboxylic acid groups (broad SMARTS) is 1. The first kappa shape index (κ1) is 30.0. The highest BCUT2D eigenvalue weighted by atomic mass is 32.1. The largest absolute Gasteiger partial charge is 0.494 e. The van der Waals surface area contributed by atoms with Crippen LogP contribution in [-0.4, -0.2) is 46.3 Å². The Kier molecular flexibility index (Phi) is 9.13. The molecule has 6 rings (SSSR count). The number of fused-ring (bicyclic) bond motifs is 2. The van der Waals surface area contributed by atoms with Gasteiger partial charge >= 0.3 is 5.97 Å².